The Morgan fingerprint density at radius 1 is 1.12 bits per heavy atom. The Labute approximate surface area is 188 Å². The Kier molecular flexibility index (Phi) is 7.59. The van der Waals surface area contributed by atoms with Crippen molar-refractivity contribution in [2.24, 2.45) is 0 Å². The maximum atomic E-state index is 12.4. The van der Waals surface area contributed by atoms with Crippen LogP contribution in [0.15, 0.2) is 61.1 Å². The summed E-state index contributed by atoms with van der Waals surface area (Å²) in [6.07, 6.45) is 11.0. The van der Waals surface area contributed by atoms with Crippen LogP contribution in [-0.4, -0.2) is 57.7 Å². The lowest BCUT2D eigenvalue weighted by molar-refractivity contribution is -0.129. The number of aromatic nitrogens is 3. The summed E-state index contributed by atoms with van der Waals surface area (Å²) in [6, 6.07) is 3.72. The summed E-state index contributed by atoms with van der Waals surface area (Å²) in [6.45, 7) is 12.4. The Hall–Kier alpha value is -3.68. The third-order valence-electron chi connectivity index (χ3n) is 5.12. The van der Waals surface area contributed by atoms with E-state index in [0.29, 0.717) is 18.9 Å². The standard InChI is InChI=1S/C24H30N6O2/c1-5-6-20(13-18(2)3)21-14-26-30(16-21)17-24(32)27-23-8-7-22(15-25-23)29-11-9-28(10-12-29)19(4)31/h5-8,13-16H,1,9-12,17H2,2-4H3,(H,25,27,32)/b20-6+. The van der Waals surface area contributed by atoms with E-state index in [1.807, 2.05) is 37.1 Å². The molecule has 0 atom stereocenters. The second-order valence-electron chi connectivity index (χ2n) is 7.95. The molecule has 32 heavy (non-hydrogen) atoms. The summed E-state index contributed by atoms with van der Waals surface area (Å²) in [5.41, 5.74) is 4.06. The average Bonchev–Trinajstić information content (AvgIpc) is 3.22. The van der Waals surface area contributed by atoms with Crippen molar-refractivity contribution in [1.82, 2.24) is 19.7 Å². The molecule has 1 fully saturated rings. The van der Waals surface area contributed by atoms with E-state index in [-0.39, 0.29) is 18.4 Å². The van der Waals surface area contributed by atoms with E-state index in [9.17, 15) is 9.59 Å². The molecule has 168 valence electrons. The van der Waals surface area contributed by atoms with Crippen molar-refractivity contribution in [2.75, 3.05) is 36.4 Å². The molecular formula is C24H30N6O2. The van der Waals surface area contributed by atoms with Crippen LogP contribution >= 0.6 is 0 Å². The van der Waals surface area contributed by atoms with Gasteiger partial charge >= 0.3 is 0 Å². The first kappa shape index (κ1) is 23.0. The molecule has 0 spiro atoms. The second kappa shape index (κ2) is 10.6. The van der Waals surface area contributed by atoms with Gasteiger partial charge in [0.1, 0.15) is 12.4 Å². The highest BCUT2D eigenvalue weighted by atomic mass is 16.2. The van der Waals surface area contributed by atoms with Gasteiger partial charge in [-0.1, -0.05) is 30.4 Å². The lowest BCUT2D eigenvalue weighted by atomic mass is 10.1. The van der Waals surface area contributed by atoms with Crippen molar-refractivity contribution in [3.63, 3.8) is 0 Å². The average molecular weight is 435 g/mol. The SMILES string of the molecule is C=C/C=C(\C=C(C)C)c1cnn(CC(=O)Nc2ccc(N3CCN(C(C)=O)CC3)cn2)c1. The van der Waals surface area contributed by atoms with Gasteiger partial charge in [0.05, 0.1) is 18.1 Å². The number of nitrogens with one attached hydrogen (secondary N) is 1. The molecule has 0 aliphatic carbocycles. The molecule has 0 unspecified atom stereocenters. The maximum absolute atomic E-state index is 12.4. The third kappa shape index (κ3) is 6.16. The van der Waals surface area contributed by atoms with Gasteiger partial charge in [-0.05, 0) is 31.6 Å². The minimum atomic E-state index is -0.202. The molecule has 8 heteroatoms. The zero-order chi connectivity index (χ0) is 23.1. The van der Waals surface area contributed by atoms with E-state index in [4.69, 9.17) is 0 Å². The van der Waals surface area contributed by atoms with Gasteiger partial charge in [-0.3, -0.25) is 14.3 Å². The van der Waals surface area contributed by atoms with Gasteiger partial charge in [-0.25, -0.2) is 4.98 Å². The summed E-state index contributed by atoms with van der Waals surface area (Å²) in [4.78, 5) is 32.3. The fraction of sp³-hybridized carbons (Fsp3) is 0.333. The lowest BCUT2D eigenvalue weighted by Gasteiger charge is -2.35. The van der Waals surface area contributed by atoms with E-state index >= 15 is 0 Å². The number of hydrogen-bond acceptors (Lipinski definition) is 5. The molecule has 0 saturated carbocycles. The highest BCUT2D eigenvalue weighted by molar-refractivity contribution is 5.89. The minimum absolute atomic E-state index is 0.0899. The Morgan fingerprint density at radius 3 is 2.47 bits per heavy atom. The number of anilines is 2. The van der Waals surface area contributed by atoms with Crippen molar-refractivity contribution in [3.8, 4) is 0 Å². The molecule has 2 aromatic rings. The van der Waals surface area contributed by atoms with E-state index in [1.54, 1.807) is 36.1 Å². The van der Waals surface area contributed by atoms with Gasteiger partial charge in [-0.15, -0.1) is 0 Å². The number of nitrogens with zero attached hydrogens (tertiary/aromatic N) is 5. The van der Waals surface area contributed by atoms with E-state index in [1.165, 1.54) is 5.57 Å². The van der Waals surface area contributed by atoms with Crippen LogP contribution in [0.5, 0.6) is 0 Å². The van der Waals surface area contributed by atoms with Gasteiger partial charge in [-0.2, -0.15) is 5.10 Å². The molecule has 0 aromatic carbocycles. The number of carbonyl (C=O) groups excluding carboxylic acids is 2. The molecule has 8 nitrogen and oxygen atoms in total. The Balaban J connectivity index is 1.56. The molecule has 3 heterocycles. The molecule has 2 amide bonds. The number of hydrogen-bond donors (Lipinski definition) is 1. The van der Waals surface area contributed by atoms with Crippen molar-refractivity contribution < 1.29 is 9.59 Å². The predicted molar refractivity (Wildman–Crippen MR) is 127 cm³/mol. The number of allylic oxidation sites excluding steroid dienone is 5. The molecule has 2 aromatic heterocycles. The fourth-order valence-electron chi connectivity index (χ4n) is 3.52. The zero-order valence-corrected chi connectivity index (χ0v) is 18.9. The molecule has 1 saturated heterocycles. The van der Waals surface area contributed by atoms with Crippen molar-refractivity contribution in [3.05, 3.63) is 66.7 Å². The van der Waals surface area contributed by atoms with Crippen molar-refractivity contribution >= 4 is 28.9 Å². The number of rotatable bonds is 7. The quantitative estimate of drug-likeness (QED) is 0.677. The van der Waals surface area contributed by atoms with Crippen molar-refractivity contribution in [2.45, 2.75) is 27.3 Å². The van der Waals surface area contributed by atoms with Gasteiger partial charge in [0.25, 0.3) is 0 Å². The molecular weight excluding hydrogens is 404 g/mol. The van der Waals surface area contributed by atoms with Gasteiger partial charge in [0, 0.05) is 44.9 Å². The minimum Gasteiger partial charge on any atom is -0.367 e. The summed E-state index contributed by atoms with van der Waals surface area (Å²) >= 11 is 0. The Bertz CT molecular complexity index is 1020. The molecule has 1 aliphatic rings. The lowest BCUT2D eigenvalue weighted by Crippen LogP contribution is -2.48. The topological polar surface area (TPSA) is 83.4 Å². The zero-order valence-electron chi connectivity index (χ0n) is 18.9. The van der Waals surface area contributed by atoms with E-state index in [2.05, 4.69) is 33.0 Å². The molecule has 0 radical (unpaired) electrons. The molecule has 1 N–H and O–H groups in total. The summed E-state index contributed by atoms with van der Waals surface area (Å²) < 4.78 is 1.60. The number of piperazine rings is 1. The second-order valence-corrected chi connectivity index (χ2v) is 7.95. The summed E-state index contributed by atoms with van der Waals surface area (Å²) in [5.74, 6) is 0.395. The Morgan fingerprint density at radius 2 is 1.88 bits per heavy atom. The van der Waals surface area contributed by atoms with Gasteiger partial charge in [0.15, 0.2) is 0 Å². The smallest absolute Gasteiger partial charge is 0.247 e. The molecule has 1 aliphatic heterocycles. The van der Waals surface area contributed by atoms with Crippen LogP contribution in [0, 0.1) is 0 Å². The monoisotopic (exact) mass is 434 g/mol. The normalized spacial score (nSPS) is 14.2. The van der Waals surface area contributed by atoms with E-state index in [0.717, 1.165) is 29.9 Å². The predicted octanol–water partition coefficient (Wildman–Crippen LogP) is 3.12. The maximum Gasteiger partial charge on any atom is 0.247 e. The van der Waals surface area contributed by atoms with Gasteiger partial charge < -0.3 is 15.1 Å². The summed E-state index contributed by atoms with van der Waals surface area (Å²) in [5, 5.41) is 7.11. The van der Waals surface area contributed by atoms with E-state index < -0.39 is 0 Å². The van der Waals surface area contributed by atoms with Crippen LogP contribution in [0.3, 0.4) is 0 Å². The molecule has 0 bridgehead atoms. The third-order valence-corrected chi connectivity index (χ3v) is 5.12. The number of amides is 2. The van der Waals surface area contributed by atoms with Crippen LogP contribution < -0.4 is 10.2 Å². The van der Waals surface area contributed by atoms with Crippen LogP contribution in [-0.2, 0) is 16.1 Å². The highest BCUT2D eigenvalue weighted by Gasteiger charge is 2.19. The van der Waals surface area contributed by atoms with Crippen LogP contribution in [0.4, 0.5) is 11.5 Å². The molecule has 3 rings (SSSR count). The van der Waals surface area contributed by atoms with Crippen LogP contribution in [0.25, 0.3) is 5.57 Å². The number of carbonyl (C=O) groups is 2. The highest BCUT2D eigenvalue weighted by Crippen LogP contribution is 2.19. The number of pyridine rings is 1. The fourth-order valence-corrected chi connectivity index (χ4v) is 3.52. The van der Waals surface area contributed by atoms with Crippen LogP contribution in [0.2, 0.25) is 0 Å². The first-order valence-electron chi connectivity index (χ1n) is 10.6. The van der Waals surface area contributed by atoms with Crippen molar-refractivity contribution in [1.29, 1.82) is 0 Å². The first-order chi connectivity index (χ1) is 15.4. The summed E-state index contributed by atoms with van der Waals surface area (Å²) in [7, 11) is 0. The largest absolute Gasteiger partial charge is 0.367 e. The van der Waals surface area contributed by atoms with Gasteiger partial charge in [0.2, 0.25) is 11.8 Å². The first-order valence-corrected chi connectivity index (χ1v) is 10.6. The van der Waals surface area contributed by atoms with Crippen LogP contribution in [0.1, 0.15) is 26.3 Å².